The normalized spacial score (nSPS) is 12.9. The zero-order chi connectivity index (χ0) is 21.6. The lowest BCUT2D eigenvalue weighted by Crippen LogP contribution is -2.49. The zero-order valence-corrected chi connectivity index (χ0v) is 18.6. The van der Waals surface area contributed by atoms with Crippen molar-refractivity contribution in [1.29, 1.82) is 0 Å². The van der Waals surface area contributed by atoms with Crippen molar-refractivity contribution < 1.29 is 9.59 Å². The molecule has 2 aromatic rings. The highest BCUT2D eigenvalue weighted by atomic mass is 16.2. The van der Waals surface area contributed by atoms with Crippen molar-refractivity contribution in [2.24, 2.45) is 0 Å². The Morgan fingerprint density at radius 2 is 1.69 bits per heavy atom. The molecule has 0 saturated heterocycles. The van der Waals surface area contributed by atoms with E-state index in [2.05, 4.69) is 31.3 Å². The molecule has 0 radical (unpaired) electrons. The van der Waals surface area contributed by atoms with E-state index >= 15 is 0 Å². The van der Waals surface area contributed by atoms with E-state index in [0.717, 1.165) is 23.1 Å². The van der Waals surface area contributed by atoms with Crippen molar-refractivity contribution in [3.63, 3.8) is 0 Å². The Morgan fingerprint density at radius 3 is 2.31 bits per heavy atom. The number of carbonyl (C=O) groups is 2. The lowest BCUT2D eigenvalue weighted by atomic mass is 10.0. The zero-order valence-electron chi connectivity index (χ0n) is 18.6. The second-order valence-electron chi connectivity index (χ2n) is 8.10. The van der Waals surface area contributed by atoms with E-state index in [1.165, 1.54) is 11.1 Å². The maximum absolute atomic E-state index is 13.2. The lowest BCUT2D eigenvalue weighted by Gasteiger charge is -2.30. The van der Waals surface area contributed by atoms with Crippen LogP contribution in [0.5, 0.6) is 0 Å². The smallest absolute Gasteiger partial charge is 0.242 e. The van der Waals surface area contributed by atoms with E-state index in [0.29, 0.717) is 6.54 Å². The third kappa shape index (κ3) is 6.45. The minimum Gasteiger partial charge on any atom is -0.352 e. The molecule has 0 unspecified atom stereocenters. The van der Waals surface area contributed by atoms with E-state index in [9.17, 15) is 9.59 Å². The summed E-state index contributed by atoms with van der Waals surface area (Å²) in [6.07, 6.45) is 1.14. The van der Waals surface area contributed by atoms with Gasteiger partial charge >= 0.3 is 0 Å². The molecule has 0 spiro atoms. The van der Waals surface area contributed by atoms with E-state index in [4.69, 9.17) is 0 Å². The number of aryl methyl sites for hydroxylation is 3. The molecule has 4 heteroatoms. The number of hydrogen-bond donors (Lipinski definition) is 1. The molecule has 0 aliphatic heterocycles. The highest BCUT2D eigenvalue weighted by molar-refractivity contribution is 5.88. The summed E-state index contributed by atoms with van der Waals surface area (Å²) >= 11 is 0. The van der Waals surface area contributed by atoms with Gasteiger partial charge in [0.2, 0.25) is 11.8 Å². The van der Waals surface area contributed by atoms with Gasteiger partial charge in [0.05, 0.1) is 6.42 Å². The average molecular weight is 395 g/mol. The van der Waals surface area contributed by atoms with E-state index in [1.807, 2.05) is 58.0 Å². The summed E-state index contributed by atoms with van der Waals surface area (Å²) in [6, 6.07) is 13.7. The molecule has 0 aliphatic rings. The van der Waals surface area contributed by atoms with Crippen molar-refractivity contribution in [2.45, 2.75) is 73.0 Å². The van der Waals surface area contributed by atoms with Crippen LogP contribution >= 0.6 is 0 Å². The first-order valence-corrected chi connectivity index (χ1v) is 10.4. The Kier molecular flexibility index (Phi) is 8.00. The molecule has 4 nitrogen and oxygen atoms in total. The van der Waals surface area contributed by atoms with Crippen molar-refractivity contribution in [2.75, 3.05) is 0 Å². The summed E-state index contributed by atoms with van der Waals surface area (Å²) < 4.78 is 0. The fourth-order valence-corrected chi connectivity index (χ4v) is 3.24. The van der Waals surface area contributed by atoms with Crippen molar-refractivity contribution in [3.05, 3.63) is 70.3 Å². The molecular formula is C25H34N2O2. The van der Waals surface area contributed by atoms with Crippen LogP contribution in [-0.4, -0.2) is 28.8 Å². The van der Waals surface area contributed by atoms with Crippen LogP contribution in [0.4, 0.5) is 0 Å². The molecule has 0 heterocycles. The molecule has 0 aliphatic carbocycles. The van der Waals surface area contributed by atoms with Gasteiger partial charge in [-0.1, -0.05) is 55.0 Å². The molecule has 156 valence electrons. The number of benzene rings is 2. The van der Waals surface area contributed by atoms with Gasteiger partial charge in [-0.25, -0.2) is 0 Å². The summed E-state index contributed by atoms with van der Waals surface area (Å²) in [6.45, 7) is 12.4. The molecule has 2 aromatic carbocycles. The largest absolute Gasteiger partial charge is 0.352 e. The van der Waals surface area contributed by atoms with Gasteiger partial charge in [-0.3, -0.25) is 9.59 Å². The van der Waals surface area contributed by atoms with Gasteiger partial charge in [0.15, 0.2) is 0 Å². The molecular weight excluding hydrogens is 360 g/mol. The molecule has 0 bridgehead atoms. The van der Waals surface area contributed by atoms with Gasteiger partial charge in [0.25, 0.3) is 0 Å². The first-order valence-electron chi connectivity index (χ1n) is 10.4. The quantitative estimate of drug-likeness (QED) is 0.717. The average Bonchev–Trinajstić information content (AvgIpc) is 2.68. The van der Waals surface area contributed by atoms with Crippen LogP contribution < -0.4 is 5.32 Å². The number of rotatable bonds is 8. The second-order valence-corrected chi connectivity index (χ2v) is 8.10. The molecule has 2 rings (SSSR count). The number of hydrogen-bond acceptors (Lipinski definition) is 2. The fraction of sp³-hybridized carbons (Fsp3) is 0.440. The van der Waals surface area contributed by atoms with Gasteiger partial charge in [0, 0.05) is 12.6 Å². The van der Waals surface area contributed by atoms with Gasteiger partial charge in [-0.2, -0.15) is 0 Å². The Balaban J connectivity index is 2.25. The fourth-order valence-electron chi connectivity index (χ4n) is 3.24. The summed E-state index contributed by atoms with van der Waals surface area (Å²) in [5.74, 6) is -0.151. The van der Waals surface area contributed by atoms with Crippen molar-refractivity contribution in [1.82, 2.24) is 10.2 Å². The molecule has 1 N–H and O–H groups in total. The predicted molar refractivity (Wildman–Crippen MR) is 119 cm³/mol. The number of nitrogens with zero attached hydrogens (tertiary/aromatic N) is 1. The van der Waals surface area contributed by atoms with Gasteiger partial charge in [-0.05, 0) is 63.3 Å². The second kappa shape index (κ2) is 10.2. The van der Waals surface area contributed by atoms with E-state index in [1.54, 1.807) is 4.90 Å². The standard InChI is InChI=1S/C25H34N2O2/c1-7-20(5)26-25(29)21(6)27(16-23-10-8-9-17(2)13-23)24(28)15-22-12-11-18(3)19(4)14-22/h8-14,20-21H,7,15-16H2,1-6H3,(H,26,29)/t20-,21-/m0/s1. The molecule has 2 atom stereocenters. The Labute approximate surface area is 175 Å². The molecule has 29 heavy (non-hydrogen) atoms. The number of nitrogens with one attached hydrogen (secondary N) is 1. The van der Waals surface area contributed by atoms with Crippen LogP contribution in [-0.2, 0) is 22.6 Å². The number of carbonyl (C=O) groups excluding carboxylic acids is 2. The SMILES string of the molecule is CC[C@H](C)NC(=O)[C@H](C)N(Cc1cccc(C)c1)C(=O)Cc1ccc(C)c(C)c1. The van der Waals surface area contributed by atoms with Gasteiger partial charge < -0.3 is 10.2 Å². The Morgan fingerprint density at radius 1 is 0.966 bits per heavy atom. The van der Waals surface area contributed by atoms with Crippen LogP contribution in [0.25, 0.3) is 0 Å². The van der Waals surface area contributed by atoms with Crippen LogP contribution in [0.1, 0.15) is 55.0 Å². The summed E-state index contributed by atoms with van der Waals surface area (Å²) in [4.78, 5) is 27.7. The summed E-state index contributed by atoms with van der Waals surface area (Å²) in [7, 11) is 0. The number of amides is 2. The van der Waals surface area contributed by atoms with Crippen LogP contribution in [0.15, 0.2) is 42.5 Å². The summed E-state index contributed by atoms with van der Waals surface area (Å²) in [5.41, 5.74) is 5.52. The van der Waals surface area contributed by atoms with E-state index in [-0.39, 0.29) is 24.3 Å². The minimum absolute atomic E-state index is 0.0402. The van der Waals surface area contributed by atoms with Gasteiger partial charge in [-0.15, -0.1) is 0 Å². The first-order chi connectivity index (χ1) is 13.7. The molecule has 2 amide bonds. The van der Waals surface area contributed by atoms with Crippen LogP contribution in [0.2, 0.25) is 0 Å². The lowest BCUT2D eigenvalue weighted by molar-refractivity contribution is -0.140. The molecule has 0 aromatic heterocycles. The Bertz CT molecular complexity index is 860. The maximum Gasteiger partial charge on any atom is 0.242 e. The van der Waals surface area contributed by atoms with E-state index < -0.39 is 6.04 Å². The molecule has 0 saturated carbocycles. The predicted octanol–water partition coefficient (Wildman–Crippen LogP) is 4.49. The van der Waals surface area contributed by atoms with Gasteiger partial charge in [0.1, 0.15) is 6.04 Å². The van der Waals surface area contributed by atoms with Crippen molar-refractivity contribution in [3.8, 4) is 0 Å². The highest BCUT2D eigenvalue weighted by Gasteiger charge is 2.26. The maximum atomic E-state index is 13.2. The highest BCUT2D eigenvalue weighted by Crippen LogP contribution is 2.16. The van der Waals surface area contributed by atoms with Crippen LogP contribution in [0.3, 0.4) is 0 Å². The third-order valence-corrected chi connectivity index (χ3v) is 5.53. The Hall–Kier alpha value is -2.62. The molecule has 0 fully saturated rings. The minimum atomic E-state index is -0.538. The van der Waals surface area contributed by atoms with Crippen LogP contribution in [0, 0.1) is 20.8 Å². The topological polar surface area (TPSA) is 49.4 Å². The summed E-state index contributed by atoms with van der Waals surface area (Å²) in [5, 5.41) is 3.01. The van der Waals surface area contributed by atoms with Crippen molar-refractivity contribution >= 4 is 11.8 Å². The monoisotopic (exact) mass is 394 g/mol. The third-order valence-electron chi connectivity index (χ3n) is 5.53. The first kappa shape index (κ1) is 22.7.